The van der Waals surface area contributed by atoms with Gasteiger partial charge in [0.1, 0.15) is 0 Å². The van der Waals surface area contributed by atoms with Crippen LogP contribution in [0.3, 0.4) is 0 Å². The molecule has 0 radical (unpaired) electrons. The summed E-state index contributed by atoms with van der Waals surface area (Å²) in [7, 11) is 1.83. The maximum Gasteiger partial charge on any atom is 0.0601 e. The van der Waals surface area contributed by atoms with Crippen LogP contribution in [0, 0.1) is 5.92 Å². The van der Waals surface area contributed by atoms with Crippen molar-refractivity contribution in [2.45, 2.75) is 76.5 Å². The molecule has 94 valence electrons. The first-order valence-electron chi connectivity index (χ1n) is 7.08. The van der Waals surface area contributed by atoms with Gasteiger partial charge in [-0.3, -0.25) is 0 Å². The molecule has 1 N–H and O–H groups in total. The minimum Gasteiger partial charge on any atom is -0.381 e. The average Bonchev–Trinajstić information content (AvgIpc) is 2.50. The number of rotatable bonds is 4. The first-order chi connectivity index (χ1) is 7.79. The highest BCUT2D eigenvalue weighted by Crippen LogP contribution is 2.28. The highest BCUT2D eigenvalue weighted by atomic mass is 16.5. The molecular formula is C14H27NO. The molecule has 0 aromatic heterocycles. The summed E-state index contributed by atoms with van der Waals surface area (Å²) in [6.45, 7) is 2.39. The number of hydrogen-bond donors (Lipinski definition) is 1. The van der Waals surface area contributed by atoms with Crippen LogP contribution in [0.2, 0.25) is 0 Å². The molecule has 0 unspecified atom stereocenters. The van der Waals surface area contributed by atoms with Crippen LogP contribution in [0.1, 0.15) is 58.3 Å². The zero-order valence-corrected chi connectivity index (χ0v) is 10.9. The van der Waals surface area contributed by atoms with E-state index in [4.69, 9.17) is 4.74 Å². The Bertz CT molecular complexity index is 193. The molecule has 0 aromatic carbocycles. The predicted octanol–water partition coefficient (Wildman–Crippen LogP) is 3.11. The lowest BCUT2D eigenvalue weighted by Gasteiger charge is -2.38. The summed E-state index contributed by atoms with van der Waals surface area (Å²) in [6, 6.07) is 1.43. The minimum atomic E-state index is 0.527. The SMILES string of the molecule is COC1CC(N[C@@H](C)C2CCCCCC2)C1. The van der Waals surface area contributed by atoms with Gasteiger partial charge in [-0.1, -0.05) is 25.7 Å². The standard InChI is InChI=1S/C14H27NO/c1-11(12-7-5-3-4-6-8-12)15-13-9-14(10-13)16-2/h11-15H,3-10H2,1-2H3/t11-,13?,14?/m0/s1. The van der Waals surface area contributed by atoms with E-state index in [2.05, 4.69) is 12.2 Å². The Morgan fingerprint density at radius 3 is 2.25 bits per heavy atom. The molecule has 16 heavy (non-hydrogen) atoms. The van der Waals surface area contributed by atoms with Crippen molar-refractivity contribution in [2.75, 3.05) is 7.11 Å². The van der Waals surface area contributed by atoms with Crippen LogP contribution in [0.25, 0.3) is 0 Å². The second-order valence-corrected chi connectivity index (χ2v) is 5.73. The molecule has 2 aliphatic rings. The van der Waals surface area contributed by atoms with Crippen LogP contribution in [0.5, 0.6) is 0 Å². The molecule has 0 aromatic rings. The quantitative estimate of drug-likeness (QED) is 0.742. The van der Waals surface area contributed by atoms with Gasteiger partial charge in [0.15, 0.2) is 0 Å². The fourth-order valence-electron chi connectivity index (χ4n) is 3.21. The van der Waals surface area contributed by atoms with Crippen molar-refractivity contribution in [2.24, 2.45) is 5.92 Å². The van der Waals surface area contributed by atoms with Crippen molar-refractivity contribution in [1.29, 1.82) is 0 Å². The number of hydrogen-bond acceptors (Lipinski definition) is 2. The zero-order valence-electron chi connectivity index (χ0n) is 10.9. The summed E-state index contributed by atoms with van der Waals surface area (Å²) in [5.41, 5.74) is 0. The van der Waals surface area contributed by atoms with Crippen molar-refractivity contribution in [3.8, 4) is 0 Å². The van der Waals surface area contributed by atoms with Crippen molar-refractivity contribution in [3.05, 3.63) is 0 Å². The fourth-order valence-corrected chi connectivity index (χ4v) is 3.21. The van der Waals surface area contributed by atoms with E-state index < -0.39 is 0 Å². The van der Waals surface area contributed by atoms with E-state index in [9.17, 15) is 0 Å². The maximum absolute atomic E-state index is 5.32. The van der Waals surface area contributed by atoms with Crippen molar-refractivity contribution in [1.82, 2.24) is 5.32 Å². The van der Waals surface area contributed by atoms with Gasteiger partial charge in [0, 0.05) is 19.2 Å². The number of methoxy groups -OCH3 is 1. The molecule has 2 aliphatic carbocycles. The molecule has 0 saturated heterocycles. The summed E-state index contributed by atoms with van der Waals surface area (Å²) < 4.78 is 5.32. The summed E-state index contributed by atoms with van der Waals surface area (Å²) >= 11 is 0. The summed E-state index contributed by atoms with van der Waals surface area (Å²) in [4.78, 5) is 0. The summed E-state index contributed by atoms with van der Waals surface area (Å²) in [5.74, 6) is 0.920. The Kier molecular flexibility index (Phi) is 4.66. The molecule has 2 heteroatoms. The van der Waals surface area contributed by atoms with E-state index >= 15 is 0 Å². The number of nitrogens with one attached hydrogen (secondary N) is 1. The Morgan fingerprint density at radius 1 is 1.06 bits per heavy atom. The van der Waals surface area contributed by atoms with E-state index in [1.54, 1.807) is 0 Å². The van der Waals surface area contributed by atoms with Crippen molar-refractivity contribution >= 4 is 0 Å². The molecule has 0 spiro atoms. The number of ether oxygens (including phenoxy) is 1. The van der Waals surface area contributed by atoms with E-state index in [1.165, 1.54) is 51.4 Å². The van der Waals surface area contributed by atoms with Gasteiger partial charge in [-0.25, -0.2) is 0 Å². The molecule has 0 aliphatic heterocycles. The average molecular weight is 225 g/mol. The topological polar surface area (TPSA) is 21.3 Å². The molecule has 0 bridgehead atoms. The third-order valence-corrected chi connectivity index (χ3v) is 4.53. The molecular weight excluding hydrogens is 198 g/mol. The van der Waals surface area contributed by atoms with E-state index in [-0.39, 0.29) is 0 Å². The van der Waals surface area contributed by atoms with E-state index in [1.807, 2.05) is 7.11 Å². The van der Waals surface area contributed by atoms with Gasteiger partial charge < -0.3 is 10.1 Å². The van der Waals surface area contributed by atoms with Crippen LogP contribution < -0.4 is 5.32 Å². The second-order valence-electron chi connectivity index (χ2n) is 5.73. The summed E-state index contributed by atoms with van der Waals surface area (Å²) in [6.07, 6.45) is 11.6. The molecule has 2 nitrogen and oxygen atoms in total. The smallest absolute Gasteiger partial charge is 0.0601 e. The first kappa shape index (κ1) is 12.4. The van der Waals surface area contributed by atoms with Gasteiger partial charge in [0.25, 0.3) is 0 Å². The Labute approximate surface area is 100 Å². The highest BCUT2D eigenvalue weighted by molar-refractivity contribution is 4.89. The largest absolute Gasteiger partial charge is 0.381 e. The molecule has 2 saturated carbocycles. The third-order valence-electron chi connectivity index (χ3n) is 4.53. The van der Waals surface area contributed by atoms with Crippen LogP contribution >= 0.6 is 0 Å². The predicted molar refractivity (Wildman–Crippen MR) is 67.6 cm³/mol. The van der Waals surface area contributed by atoms with Gasteiger partial charge in [-0.2, -0.15) is 0 Å². The van der Waals surface area contributed by atoms with Gasteiger partial charge in [-0.15, -0.1) is 0 Å². The van der Waals surface area contributed by atoms with Crippen LogP contribution in [-0.4, -0.2) is 25.3 Å². The van der Waals surface area contributed by atoms with Crippen LogP contribution in [0.15, 0.2) is 0 Å². The first-order valence-corrected chi connectivity index (χ1v) is 7.08. The lowest BCUT2D eigenvalue weighted by atomic mass is 9.86. The molecule has 2 fully saturated rings. The Morgan fingerprint density at radius 2 is 1.69 bits per heavy atom. The van der Waals surface area contributed by atoms with Crippen LogP contribution in [-0.2, 0) is 4.74 Å². The molecule has 0 heterocycles. The third kappa shape index (κ3) is 3.21. The summed E-state index contributed by atoms with van der Waals surface area (Å²) in [5, 5.41) is 3.80. The van der Waals surface area contributed by atoms with Crippen molar-refractivity contribution < 1.29 is 4.74 Å². The Hall–Kier alpha value is -0.0800. The molecule has 1 atom stereocenters. The van der Waals surface area contributed by atoms with E-state index in [0.29, 0.717) is 12.1 Å². The fraction of sp³-hybridized carbons (Fsp3) is 1.00. The molecule has 2 rings (SSSR count). The zero-order chi connectivity index (χ0) is 11.4. The second kappa shape index (κ2) is 6.02. The van der Waals surface area contributed by atoms with E-state index in [0.717, 1.165) is 12.0 Å². The van der Waals surface area contributed by atoms with Crippen molar-refractivity contribution in [3.63, 3.8) is 0 Å². The minimum absolute atomic E-state index is 0.527. The normalized spacial score (nSPS) is 34.1. The monoisotopic (exact) mass is 225 g/mol. The Balaban J connectivity index is 1.68. The lowest BCUT2D eigenvalue weighted by molar-refractivity contribution is 0.0123. The van der Waals surface area contributed by atoms with Gasteiger partial charge in [0.2, 0.25) is 0 Å². The maximum atomic E-state index is 5.32. The van der Waals surface area contributed by atoms with Gasteiger partial charge in [-0.05, 0) is 38.5 Å². The molecule has 0 amide bonds. The van der Waals surface area contributed by atoms with Gasteiger partial charge in [0.05, 0.1) is 6.10 Å². The lowest BCUT2D eigenvalue weighted by Crippen LogP contribution is -2.50. The van der Waals surface area contributed by atoms with Crippen LogP contribution in [0.4, 0.5) is 0 Å². The van der Waals surface area contributed by atoms with Gasteiger partial charge >= 0.3 is 0 Å². The highest BCUT2D eigenvalue weighted by Gasteiger charge is 2.31.